The van der Waals surface area contributed by atoms with E-state index in [1.807, 2.05) is 0 Å². The summed E-state index contributed by atoms with van der Waals surface area (Å²) in [6, 6.07) is 0. The van der Waals surface area contributed by atoms with Gasteiger partial charge in [0.2, 0.25) is 0 Å². The molecule has 0 spiro atoms. The third kappa shape index (κ3) is 5.06. The predicted molar refractivity (Wildman–Crippen MR) is 54.1 cm³/mol. The van der Waals surface area contributed by atoms with E-state index in [1.54, 1.807) is 13.8 Å². The molecule has 1 unspecified atom stereocenters. The summed E-state index contributed by atoms with van der Waals surface area (Å²) in [5.74, 6) is 0. The smallest absolute Gasteiger partial charge is 0.358 e. The zero-order valence-corrected chi connectivity index (χ0v) is 9.85. The minimum Gasteiger partial charge on any atom is -0.358 e. The van der Waals surface area contributed by atoms with Gasteiger partial charge >= 0.3 is 7.82 Å². The maximum absolute atomic E-state index is 11.3. The molecular weight excluding hydrogens is 221 g/mol. The van der Waals surface area contributed by atoms with Gasteiger partial charge in [-0.25, -0.2) is 4.57 Å². The summed E-state index contributed by atoms with van der Waals surface area (Å²) in [6.45, 7) is 3.36. The van der Waals surface area contributed by atoms with Crippen molar-refractivity contribution < 1.29 is 23.2 Å². The summed E-state index contributed by atoms with van der Waals surface area (Å²) >= 11 is 0. The van der Waals surface area contributed by atoms with Gasteiger partial charge in [-0.3, -0.25) is 9.05 Å². The molecule has 1 saturated heterocycles. The SMILES string of the molecule is CC(C)OP(=O)(O)OC[C@@H]1CC[C@H](N)O1. The number of phosphoric acid groups is 1. The van der Waals surface area contributed by atoms with Crippen molar-refractivity contribution in [3.05, 3.63) is 0 Å². The first-order valence-electron chi connectivity index (χ1n) is 4.96. The van der Waals surface area contributed by atoms with Gasteiger partial charge in [0.05, 0.1) is 18.8 Å². The van der Waals surface area contributed by atoms with Gasteiger partial charge in [-0.1, -0.05) is 0 Å². The fourth-order valence-electron chi connectivity index (χ4n) is 1.33. The normalized spacial score (nSPS) is 30.7. The van der Waals surface area contributed by atoms with Crippen molar-refractivity contribution in [1.82, 2.24) is 0 Å². The zero-order valence-electron chi connectivity index (χ0n) is 8.96. The van der Waals surface area contributed by atoms with Crippen molar-refractivity contribution in [3.63, 3.8) is 0 Å². The highest BCUT2D eigenvalue weighted by atomic mass is 31.2. The summed E-state index contributed by atoms with van der Waals surface area (Å²) in [5.41, 5.74) is 5.50. The molecule has 15 heavy (non-hydrogen) atoms. The molecule has 6 nitrogen and oxygen atoms in total. The Labute approximate surface area is 89.3 Å². The third-order valence-electron chi connectivity index (χ3n) is 1.91. The van der Waals surface area contributed by atoms with Crippen LogP contribution in [-0.4, -0.2) is 29.9 Å². The van der Waals surface area contributed by atoms with Crippen LogP contribution in [0.3, 0.4) is 0 Å². The first kappa shape index (κ1) is 13.1. The lowest BCUT2D eigenvalue weighted by atomic mass is 10.2. The molecular formula is C8H18NO5P. The van der Waals surface area contributed by atoms with Crippen molar-refractivity contribution >= 4 is 7.82 Å². The summed E-state index contributed by atoms with van der Waals surface area (Å²) < 4.78 is 26.0. The Balaban J connectivity index is 2.27. The first-order valence-corrected chi connectivity index (χ1v) is 6.45. The number of nitrogens with two attached hydrogens (primary N) is 1. The van der Waals surface area contributed by atoms with Crippen molar-refractivity contribution in [1.29, 1.82) is 0 Å². The number of hydrogen-bond donors (Lipinski definition) is 2. The van der Waals surface area contributed by atoms with Crippen LogP contribution in [0, 0.1) is 0 Å². The van der Waals surface area contributed by atoms with Crippen molar-refractivity contribution in [2.45, 2.75) is 45.1 Å². The van der Waals surface area contributed by atoms with Gasteiger partial charge in [0.1, 0.15) is 6.23 Å². The fourth-order valence-corrected chi connectivity index (χ4v) is 2.28. The molecule has 3 N–H and O–H groups in total. The summed E-state index contributed by atoms with van der Waals surface area (Å²) in [4.78, 5) is 9.24. The van der Waals surface area contributed by atoms with Gasteiger partial charge in [-0.2, -0.15) is 0 Å². The molecule has 0 aromatic heterocycles. The Kier molecular flexibility index (Phi) is 4.70. The van der Waals surface area contributed by atoms with E-state index in [4.69, 9.17) is 19.5 Å². The fraction of sp³-hybridized carbons (Fsp3) is 1.00. The maximum atomic E-state index is 11.3. The molecule has 90 valence electrons. The average Bonchev–Trinajstić information content (AvgIpc) is 2.46. The molecule has 0 aromatic rings. The molecule has 1 fully saturated rings. The maximum Gasteiger partial charge on any atom is 0.472 e. The van der Waals surface area contributed by atoms with Gasteiger partial charge in [0.15, 0.2) is 0 Å². The van der Waals surface area contributed by atoms with E-state index in [-0.39, 0.29) is 25.0 Å². The molecule has 0 aromatic carbocycles. The van der Waals surface area contributed by atoms with Gasteiger partial charge in [0, 0.05) is 0 Å². The van der Waals surface area contributed by atoms with E-state index in [1.165, 1.54) is 0 Å². The number of ether oxygens (including phenoxy) is 1. The zero-order chi connectivity index (χ0) is 11.5. The molecule has 0 amide bonds. The minimum atomic E-state index is -3.94. The number of hydrogen-bond acceptors (Lipinski definition) is 5. The van der Waals surface area contributed by atoms with Crippen LogP contribution >= 0.6 is 7.82 Å². The molecule has 0 bridgehead atoms. The minimum absolute atomic E-state index is 0.0359. The first-order chi connectivity index (χ1) is 6.89. The Hall–Kier alpha value is 0.0300. The lowest BCUT2D eigenvalue weighted by Crippen LogP contribution is -2.22. The highest BCUT2D eigenvalue weighted by molar-refractivity contribution is 7.47. The topological polar surface area (TPSA) is 91.0 Å². The summed E-state index contributed by atoms with van der Waals surface area (Å²) in [6.07, 6.45) is 0.629. The van der Waals surface area contributed by atoms with E-state index in [9.17, 15) is 9.46 Å². The van der Waals surface area contributed by atoms with Crippen molar-refractivity contribution in [3.8, 4) is 0 Å². The van der Waals surface area contributed by atoms with Crippen LogP contribution < -0.4 is 5.73 Å². The Bertz CT molecular complexity index is 247. The third-order valence-corrected chi connectivity index (χ3v) is 3.07. The van der Waals surface area contributed by atoms with Crippen LogP contribution in [-0.2, 0) is 18.3 Å². The second kappa shape index (κ2) is 5.39. The van der Waals surface area contributed by atoms with Gasteiger partial charge in [-0.15, -0.1) is 0 Å². The quantitative estimate of drug-likeness (QED) is 0.695. The van der Waals surface area contributed by atoms with Crippen LogP contribution in [0.5, 0.6) is 0 Å². The highest BCUT2D eigenvalue weighted by Gasteiger charge is 2.28. The number of rotatable bonds is 5. The van der Waals surface area contributed by atoms with Crippen LogP contribution in [0.4, 0.5) is 0 Å². The Morgan fingerprint density at radius 2 is 2.27 bits per heavy atom. The van der Waals surface area contributed by atoms with E-state index in [2.05, 4.69) is 0 Å². The molecule has 0 aliphatic carbocycles. The van der Waals surface area contributed by atoms with E-state index in [0.29, 0.717) is 0 Å². The van der Waals surface area contributed by atoms with Crippen LogP contribution in [0.1, 0.15) is 26.7 Å². The van der Waals surface area contributed by atoms with Crippen LogP contribution in [0.15, 0.2) is 0 Å². The second-order valence-electron chi connectivity index (χ2n) is 3.79. The summed E-state index contributed by atoms with van der Waals surface area (Å²) in [7, 11) is -3.94. The van der Waals surface area contributed by atoms with Crippen molar-refractivity contribution in [2.24, 2.45) is 5.73 Å². The molecule has 1 rings (SSSR count). The standard InChI is InChI=1S/C8H18NO5P/c1-6(2)14-15(10,11)12-5-7-3-4-8(9)13-7/h6-8H,3-5,9H2,1-2H3,(H,10,11)/t7-,8+/m0/s1. The van der Waals surface area contributed by atoms with Gasteiger partial charge in [0.25, 0.3) is 0 Å². The van der Waals surface area contributed by atoms with Gasteiger partial charge < -0.3 is 15.4 Å². The van der Waals surface area contributed by atoms with E-state index in [0.717, 1.165) is 12.8 Å². The Morgan fingerprint density at radius 3 is 2.73 bits per heavy atom. The largest absolute Gasteiger partial charge is 0.472 e. The molecule has 1 heterocycles. The highest BCUT2D eigenvalue weighted by Crippen LogP contribution is 2.44. The molecule has 1 aliphatic heterocycles. The molecule has 0 radical (unpaired) electrons. The van der Waals surface area contributed by atoms with Gasteiger partial charge in [-0.05, 0) is 26.7 Å². The number of phosphoric ester groups is 1. The molecule has 3 atom stereocenters. The van der Waals surface area contributed by atoms with E-state index >= 15 is 0 Å². The average molecular weight is 239 g/mol. The monoisotopic (exact) mass is 239 g/mol. The van der Waals surface area contributed by atoms with Crippen LogP contribution in [0.2, 0.25) is 0 Å². The lowest BCUT2D eigenvalue weighted by Gasteiger charge is -2.16. The molecule has 7 heteroatoms. The summed E-state index contributed by atoms with van der Waals surface area (Å²) in [5, 5.41) is 0. The predicted octanol–water partition coefficient (Wildman–Crippen LogP) is 0.992. The van der Waals surface area contributed by atoms with Crippen LogP contribution in [0.25, 0.3) is 0 Å². The second-order valence-corrected chi connectivity index (χ2v) is 5.20. The lowest BCUT2D eigenvalue weighted by molar-refractivity contribution is 0.00803. The Morgan fingerprint density at radius 1 is 1.60 bits per heavy atom. The van der Waals surface area contributed by atoms with E-state index < -0.39 is 7.82 Å². The molecule has 0 saturated carbocycles. The molecule has 1 aliphatic rings. The van der Waals surface area contributed by atoms with Crippen molar-refractivity contribution in [2.75, 3.05) is 6.61 Å².